The number of halogens is 3. The molecule has 5 nitrogen and oxygen atoms in total. The summed E-state index contributed by atoms with van der Waals surface area (Å²) in [6, 6.07) is 7.22. The first kappa shape index (κ1) is 18.5. The van der Waals surface area contributed by atoms with Gasteiger partial charge in [0.15, 0.2) is 0 Å². The molecule has 1 amide bonds. The monoisotopic (exact) mass is 401 g/mol. The SMILES string of the molecule is CCCN(Cc1nnc(-c2ccccc2Cl)o1)C(=O)C1(C)CC1(Cl)Cl. The van der Waals surface area contributed by atoms with Gasteiger partial charge in [-0.1, -0.05) is 30.7 Å². The van der Waals surface area contributed by atoms with E-state index in [1.54, 1.807) is 24.0 Å². The lowest BCUT2D eigenvalue weighted by molar-refractivity contribution is -0.137. The van der Waals surface area contributed by atoms with Crippen LogP contribution in [0.3, 0.4) is 0 Å². The Bertz CT molecular complexity index is 793. The lowest BCUT2D eigenvalue weighted by atomic mass is 10.1. The smallest absolute Gasteiger partial charge is 0.249 e. The van der Waals surface area contributed by atoms with Gasteiger partial charge in [-0.2, -0.15) is 0 Å². The number of benzene rings is 1. The zero-order chi connectivity index (χ0) is 18.2. The average molecular weight is 403 g/mol. The van der Waals surface area contributed by atoms with Crippen LogP contribution in [0.4, 0.5) is 0 Å². The minimum Gasteiger partial charge on any atom is -0.419 e. The summed E-state index contributed by atoms with van der Waals surface area (Å²) in [5.41, 5.74) is -0.109. The highest BCUT2D eigenvalue weighted by Gasteiger charge is 2.68. The quantitative estimate of drug-likeness (QED) is 0.656. The number of aromatic nitrogens is 2. The van der Waals surface area contributed by atoms with Gasteiger partial charge in [0.1, 0.15) is 4.33 Å². The number of hydrogen-bond donors (Lipinski definition) is 0. The van der Waals surface area contributed by atoms with E-state index in [9.17, 15) is 4.79 Å². The summed E-state index contributed by atoms with van der Waals surface area (Å²) in [7, 11) is 0. The van der Waals surface area contributed by atoms with Crippen LogP contribution in [0.15, 0.2) is 28.7 Å². The number of amides is 1. The molecule has 0 bridgehead atoms. The molecule has 8 heteroatoms. The molecule has 0 aliphatic heterocycles. The van der Waals surface area contributed by atoms with Gasteiger partial charge in [-0.05, 0) is 31.9 Å². The minimum absolute atomic E-state index is 0.100. The molecule has 0 N–H and O–H groups in total. The highest BCUT2D eigenvalue weighted by molar-refractivity contribution is 6.53. The van der Waals surface area contributed by atoms with Crippen LogP contribution in [-0.2, 0) is 11.3 Å². The lowest BCUT2D eigenvalue weighted by Crippen LogP contribution is -2.38. The van der Waals surface area contributed by atoms with Crippen molar-refractivity contribution in [1.82, 2.24) is 15.1 Å². The van der Waals surface area contributed by atoms with Crippen molar-refractivity contribution in [3.8, 4) is 11.5 Å². The molecule has 1 aliphatic carbocycles. The van der Waals surface area contributed by atoms with Crippen LogP contribution in [0.25, 0.3) is 11.5 Å². The van der Waals surface area contributed by atoms with Crippen molar-refractivity contribution in [3.05, 3.63) is 35.2 Å². The molecule has 0 radical (unpaired) electrons. The second-order valence-electron chi connectivity index (χ2n) is 6.42. The van der Waals surface area contributed by atoms with Crippen LogP contribution in [0, 0.1) is 5.41 Å². The molecule has 0 saturated heterocycles. The van der Waals surface area contributed by atoms with Gasteiger partial charge in [0.2, 0.25) is 17.7 Å². The summed E-state index contributed by atoms with van der Waals surface area (Å²) in [5.74, 6) is 0.568. The van der Waals surface area contributed by atoms with Crippen LogP contribution in [0.2, 0.25) is 5.02 Å². The number of carbonyl (C=O) groups excluding carboxylic acids is 1. The van der Waals surface area contributed by atoms with Crippen molar-refractivity contribution in [2.24, 2.45) is 5.41 Å². The normalized spacial score (nSPS) is 21.2. The predicted octanol–water partition coefficient (Wildman–Crippen LogP) is 4.71. The topological polar surface area (TPSA) is 59.2 Å². The Morgan fingerprint density at radius 1 is 1.32 bits per heavy atom. The molecule has 1 aromatic heterocycles. The second kappa shape index (κ2) is 6.78. The molecule has 1 fully saturated rings. The van der Waals surface area contributed by atoms with Crippen molar-refractivity contribution in [1.29, 1.82) is 0 Å². The van der Waals surface area contributed by atoms with Gasteiger partial charge in [0.05, 0.1) is 22.5 Å². The number of hydrogen-bond acceptors (Lipinski definition) is 4. The van der Waals surface area contributed by atoms with E-state index in [4.69, 9.17) is 39.2 Å². The standard InChI is InChI=1S/C17H18Cl3N3O2/c1-3-8-23(15(24)16(2)10-17(16,19)20)9-13-21-22-14(25-13)11-6-4-5-7-12(11)18/h4-7H,3,8-10H2,1-2H3. The molecule has 1 atom stereocenters. The number of alkyl halides is 2. The average Bonchev–Trinajstić information content (AvgIpc) is 2.90. The van der Waals surface area contributed by atoms with Crippen molar-refractivity contribution < 1.29 is 9.21 Å². The summed E-state index contributed by atoms with van der Waals surface area (Å²) in [4.78, 5) is 14.5. The van der Waals surface area contributed by atoms with Crippen LogP contribution < -0.4 is 0 Å². The van der Waals surface area contributed by atoms with E-state index in [2.05, 4.69) is 10.2 Å². The third-order valence-electron chi connectivity index (χ3n) is 4.41. The first-order chi connectivity index (χ1) is 11.8. The Balaban J connectivity index is 1.78. The van der Waals surface area contributed by atoms with E-state index >= 15 is 0 Å². The summed E-state index contributed by atoms with van der Waals surface area (Å²) >= 11 is 18.4. The molecule has 134 valence electrons. The third kappa shape index (κ3) is 3.50. The minimum atomic E-state index is -1.01. The lowest BCUT2D eigenvalue weighted by Gasteiger charge is -2.24. The molecule has 1 unspecified atom stereocenters. The van der Waals surface area contributed by atoms with E-state index in [0.29, 0.717) is 35.3 Å². The molecular weight excluding hydrogens is 385 g/mol. The van der Waals surface area contributed by atoms with E-state index < -0.39 is 9.75 Å². The first-order valence-electron chi connectivity index (χ1n) is 8.03. The summed E-state index contributed by atoms with van der Waals surface area (Å²) in [6.45, 7) is 4.54. The molecular formula is C17H18Cl3N3O2. The van der Waals surface area contributed by atoms with E-state index in [1.165, 1.54) is 0 Å². The zero-order valence-electron chi connectivity index (χ0n) is 13.9. The molecule has 1 aromatic carbocycles. The van der Waals surface area contributed by atoms with Gasteiger partial charge in [-0.3, -0.25) is 4.79 Å². The zero-order valence-corrected chi connectivity index (χ0v) is 16.2. The molecule has 3 rings (SSSR count). The van der Waals surface area contributed by atoms with Crippen molar-refractivity contribution in [2.45, 2.75) is 37.6 Å². The fourth-order valence-corrected chi connectivity index (χ4v) is 3.64. The van der Waals surface area contributed by atoms with Gasteiger partial charge in [0, 0.05) is 6.54 Å². The fourth-order valence-electron chi connectivity index (χ4n) is 2.73. The molecule has 1 saturated carbocycles. The molecule has 1 heterocycles. The van der Waals surface area contributed by atoms with E-state index in [1.807, 2.05) is 19.1 Å². The Kier molecular flexibility index (Phi) is 5.02. The molecule has 2 aromatic rings. The van der Waals surface area contributed by atoms with Gasteiger partial charge in [0.25, 0.3) is 0 Å². The maximum atomic E-state index is 12.8. The number of nitrogens with zero attached hydrogens (tertiary/aromatic N) is 3. The Hall–Kier alpha value is -1.30. The second-order valence-corrected chi connectivity index (χ2v) is 8.31. The summed E-state index contributed by atoms with van der Waals surface area (Å²) in [5, 5.41) is 8.60. The maximum absolute atomic E-state index is 12.8. The highest BCUT2D eigenvalue weighted by atomic mass is 35.5. The Morgan fingerprint density at radius 3 is 2.60 bits per heavy atom. The molecule has 1 aliphatic rings. The van der Waals surface area contributed by atoms with Crippen LogP contribution in [0.1, 0.15) is 32.6 Å². The maximum Gasteiger partial charge on any atom is 0.249 e. The van der Waals surface area contributed by atoms with E-state index in [0.717, 1.165) is 6.42 Å². The van der Waals surface area contributed by atoms with Crippen molar-refractivity contribution in [2.75, 3.05) is 6.54 Å². The Labute approximate surface area is 161 Å². The highest BCUT2D eigenvalue weighted by Crippen LogP contribution is 2.64. The first-order valence-corrected chi connectivity index (χ1v) is 9.16. The predicted molar refractivity (Wildman–Crippen MR) is 97.6 cm³/mol. The number of rotatable bonds is 6. The van der Waals surface area contributed by atoms with Gasteiger partial charge in [-0.15, -0.1) is 33.4 Å². The van der Waals surface area contributed by atoms with Crippen molar-refractivity contribution >= 4 is 40.7 Å². The van der Waals surface area contributed by atoms with Gasteiger partial charge in [-0.25, -0.2) is 0 Å². The summed E-state index contributed by atoms with van der Waals surface area (Å²) < 4.78 is 4.69. The van der Waals surface area contributed by atoms with Crippen LogP contribution in [-0.4, -0.2) is 31.9 Å². The third-order valence-corrected chi connectivity index (χ3v) is 5.84. The largest absolute Gasteiger partial charge is 0.419 e. The van der Waals surface area contributed by atoms with Crippen LogP contribution in [0.5, 0.6) is 0 Å². The summed E-state index contributed by atoms with van der Waals surface area (Å²) in [6.07, 6.45) is 1.24. The van der Waals surface area contributed by atoms with E-state index in [-0.39, 0.29) is 12.5 Å². The van der Waals surface area contributed by atoms with Crippen molar-refractivity contribution in [3.63, 3.8) is 0 Å². The number of carbonyl (C=O) groups is 1. The Morgan fingerprint density at radius 2 is 2.00 bits per heavy atom. The molecule has 0 spiro atoms. The van der Waals surface area contributed by atoms with Gasteiger partial charge >= 0.3 is 0 Å². The van der Waals surface area contributed by atoms with Gasteiger partial charge < -0.3 is 9.32 Å². The fraction of sp³-hybridized carbons (Fsp3) is 0.471. The molecule has 25 heavy (non-hydrogen) atoms. The van der Waals surface area contributed by atoms with Crippen LogP contribution >= 0.6 is 34.8 Å².